The van der Waals surface area contributed by atoms with Gasteiger partial charge in [0, 0.05) is 18.1 Å². The second kappa shape index (κ2) is 10.3. The van der Waals surface area contributed by atoms with Gasteiger partial charge in [0.1, 0.15) is 0 Å². The number of benzene rings is 1. The van der Waals surface area contributed by atoms with Gasteiger partial charge >= 0.3 is 0 Å². The van der Waals surface area contributed by atoms with Crippen LogP contribution in [0.2, 0.25) is 10.0 Å². The quantitative estimate of drug-likeness (QED) is 0.432. The van der Waals surface area contributed by atoms with E-state index < -0.39 is 15.9 Å². The average molecular weight is 492 g/mol. The maximum absolute atomic E-state index is 12.4. The number of amides is 1. The highest BCUT2D eigenvalue weighted by molar-refractivity contribution is 7.91. The molecule has 0 saturated carbocycles. The number of nitrogens with zero attached hydrogens (tertiary/aromatic N) is 3. The summed E-state index contributed by atoms with van der Waals surface area (Å²) >= 11 is 12.6. The van der Waals surface area contributed by atoms with E-state index in [-0.39, 0.29) is 20.1 Å². The van der Waals surface area contributed by atoms with Crippen LogP contribution >= 0.6 is 34.5 Å². The highest BCUT2D eigenvalue weighted by atomic mass is 35.5. The number of carbonyl (C=O) groups is 1. The van der Waals surface area contributed by atoms with E-state index in [1.54, 1.807) is 0 Å². The third kappa shape index (κ3) is 6.35. The maximum Gasteiger partial charge on any atom is 0.269 e. The molecule has 0 spiro atoms. The fourth-order valence-corrected chi connectivity index (χ4v) is 5.77. The van der Waals surface area contributed by atoms with Gasteiger partial charge in [-0.2, -0.15) is 0 Å². The van der Waals surface area contributed by atoms with Crippen molar-refractivity contribution in [3.05, 3.63) is 33.8 Å². The Kier molecular flexibility index (Phi) is 8.05. The van der Waals surface area contributed by atoms with Gasteiger partial charge in [0.25, 0.3) is 15.9 Å². The molecule has 0 radical (unpaired) electrons. The van der Waals surface area contributed by atoms with Crippen molar-refractivity contribution >= 4 is 55.6 Å². The van der Waals surface area contributed by atoms with Crippen molar-refractivity contribution in [1.82, 2.24) is 19.8 Å². The van der Waals surface area contributed by atoms with Gasteiger partial charge in [-0.15, -0.1) is 10.2 Å². The lowest BCUT2D eigenvalue weighted by molar-refractivity contribution is 0.102. The van der Waals surface area contributed by atoms with E-state index in [1.807, 2.05) is 0 Å². The minimum atomic E-state index is -3.79. The average Bonchev–Trinajstić information content (AvgIpc) is 3.15. The van der Waals surface area contributed by atoms with E-state index in [2.05, 4.69) is 32.1 Å². The second-order valence-electron chi connectivity index (χ2n) is 7.25. The standard InChI is InChI=1S/C18H23Cl2N5O3S2/c1-12-4-2-8-25(11-12)9-3-7-21-30(27,28)18-24-23-17(29-18)22-16(26)14-6-5-13(19)10-15(14)20/h5-6,10,12,21H,2-4,7-9,11H2,1H3,(H,22,23,26)/t12-/m0/s1. The molecule has 1 aliphatic heterocycles. The first-order valence-electron chi connectivity index (χ1n) is 9.56. The van der Waals surface area contributed by atoms with E-state index in [0.717, 1.165) is 31.0 Å². The molecule has 1 atom stereocenters. The van der Waals surface area contributed by atoms with Crippen LogP contribution in [0.15, 0.2) is 22.5 Å². The molecule has 2 heterocycles. The maximum atomic E-state index is 12.4. The lowest BCUT2D eigenvalue weighted by atomic mass is 10.0. The first kappa shape index (κ1) is 23.4. The number of rotatable bonds is 8. The first-order valence-corrected chi connectivity index (χ1v) is 12.6. The zero-order valence-corrected chi connectivity index (χ0v) is 19.5. The lowest BCUT2D eigenvalue weighted by Gasteiger charge is -2.30. The number of aromatic nitrogens is 2. The molecular weight excluding hydrogens is 469 g/mol. The zero-order chi connectivity index (χ0) is 21.7. The van der Waals surface area contributed by atoms with Crippen molar-refractivity contribution < 1.29 is 13.2 Å². The highest BCUT2D eigenvalue weighted by Gasteiger charge is 2.22. The van der Waals surface area contributed by atoms with Crippen molar-refractivity contribution in [3.63, 3.8) is 0 Å². The minimum Gasteiger partial charge on any atom is -0.303 e. The third-order valence-electron chi connectivity index (χ3n) is 4.72. The smallest absolute Gasteiger partial charge is 0.269 e. The lowest BCUT2D eigenvalue weighted by Crippen LogP contribution is -2.36. The fraction of sp³-hybridized carbons (Fsp3) is 0.500. The van der Waals surface area contributed by atoms with Crippen LogP contribution in [0.4, 0.5) is 5.13 Å². The Labute approximate surface area is 190 Å². The Hall–Kier alpha value is -1.30. The topological polar surface area (TPSA) is 104 Å². The summed E-state index contributed by atoms with van der Waals surface area (Å²) in [7, 11) is -3.79. The van der Waals surface area contributed by atoms with Crippen molar-refractivity contribution in [3.8, 4) is 0 Å². The van der Waals surface area contributed by atoms with Crippen LogP contribution < -0.4 is 10.0 Å². The second-order valence-corrected chi connectivity index (χ2v) is 11.0. The van der Waals surface area contributed by atoms with Crippen LogP contribution in [0.1, 0.15) is 36.5 Å². The monoisotopic (exact) mass is 491 g/mol. The van der Waals surface area contributed by atoms with Crippen LogP contribution in [0.3, 0.4) is 0 Å². The number of halogens is 2. The molecule has 0 aliphatic carbocycles. The van der Waals surface area contributed by atoms with Crippen molar-refractivity contribution in [2.75, 3.05) is 31.5 Å². The minimum absolute atomic E-state index is 0.0636. The summed E-state index contributed by atoms with van der Waals surface area (Å²) in [5.74, 6) is 0.161. The number of hydrogen-bond acceptors (Lipinski definition) is 7. The molecule has 2 N–H and O–H groups in total. The molecule has 1 aromatic heterocycles. The van der Waals surface area contributed by atoms with Crippen LogP contribution in [-0.4, -0.2) is 55.6 Å². The Morgan fingerprint density at radius 2 is 2.13 bits per heavy atom. The van der Waals surface area contributed by atoms with Gasteiger partial charge in [-0.25, -0.2) is 13.1 Å². The predicted molar refractivity (Wildman–Crippen MR) is 119 cm³/mol. The number of piperidine rings is 1. The number of sulfonamides is 1. The zero-order valence-electron chi connectivity index (χ0n) is 16.4. The molecule has 12 heteroatoms. The molecule has 0 unspecified atom stereocenters. The molecule has 1 amide bonds. The van der Waals surface area contributed by atoms with E-state index in [1.165, 1.54) is 31.0 Å². The summed E-state index contributed by atoms with van der Waals surface area (Å²) < 4.78 is 27.2. The molecule has 2 aromatic rings. The Bertz CT molecular complexity index is 999. The largest absolute Gasteiger partial charge is 0.303 e. The van der Waals surface area contributed by atoms with E-state index in [9.17, 15) is 13.2 Å². The molecule has 164 valence electrons. The van der Waals surface area contributed by atoms with Crippen LogP contribution in [0, 0.1) is 5.92 Å². The molecule has 1 saturated heterocycles. The molecule has 1 fully saturated rings. The Morgan fingerprint density at radius 1 is 1.33 bits per heavy atom. The number of carbonyl (C=O) groups excluding carboxylic acids is 1. The Morgan fingerprint density at radius 3 is 2.87 bits per heavy atom. The summed E-state index contributed by atoms with van der Waals surface area (Å²) in [6, 6.07) is 4.46. The molecular formula is C18H23Cl2N5O3S2. The van der Waals surface area contributed by atoms with Gasteiger partial charge in [-0.1, -0.05) is 41.5 Å². The van der Waals surface area contributed by atoms with Crippen molar-refractivity contribution in [1.29, 1.82) is 0 Å². The van der Waals surface area contributed by atoms with E-state index >= 15 is 0 Å². The normalized spacial score (nSPS) is 17.8. The van der Waals surface area contributed by atoms with Crippen LogP contribution in [0.5, 0.6) is 0 Å². The molecule has 1 aromatic carbocycles. The molecule has 30 heavy (non-hydrogen) atoms. The van der Waals surface area contributed by atoms with Gasteiger partial charge in [-0.3, -0.25) is 10.1 Å². The fourth-order valence-electron chi connectivity index (χ4n) is 3.27. The van der Waals surface area contributed by atoms with Crippen LogP contribution in [-0.2, 0) is 10.0 Å². The van der Waals surface area contributed by atoms with Crippen molar-refractivity contribution in [2.45, 2.75) is 30.5 Å². The Balaban J connectivity index is 1.51. The summed E-state index contributed by atoms with van der Waals surface area (Å²) in [5, 5.41) is 10.6. The number of likely N-dealkylation sites (tertiary alicyclic amines) is 1. The van der Waals surface area contributed by atoms with Gasteiger partial charge < -0.3 is 4.90 Å². The molecule has 0 bridgehead atoms. The van der Waals surface area contributed by atoms with Crippen molar-refractivity contribution in [2.24, 2.45) is 5.92 Å². The van der Waals surface area contributed by atoms with Gasteiger partial charge in [-0.05, 0) is 56.5 Å². The third-order valence-corrected chi connectivity index (χ3v) is 7.93. The molecule has 3 rings (SSSR count). The highest BCUT2D eigenvalue weighted by Crippen LogP contribution is 2.24. The SMILES string of the molecule is C[C@H]1CCCN(CCCNS(=O)(=O)c2nnc(NC(=O)c3ccc(Cl)cc3Cl)s2)C1. The van der Waals surface area contributed by atoms with Gasteiger partial charge in [0.15, 0.2) is 0 Å². The molecule has 1 aliphatic rings. The van der Waals surface area contributed by atoms with E-state index in [0.29, 0.717) is 23.9 Å². The molecule has 8 nitrogen and oxygen atoms in total. The van der Waals surface area contributed by atoms with Gasteiger partial charge in [0.2, 0.25) is 9.47 Å². The van der Waals surface area contributed by atoms with E-state index in [4.69, 9.17) is 23.2 Å². The predicted octanol–water partition coefficient (Wildman–Crippen LogP) is 3.50. The summed E-state index contributed by atoms with van der Waals surface area (Å²) in [5.41, 5.74) is 0.200. The summed E-state index contributed by atoms with van der Waals surface area (Å²) in [4.78, 5) is 14.7. The van der Waals surface area contributed by atoms with Gasteiger partial charge in [0.05, 0.1) is 10.6 Å². The summed E-state index contributed by atoms with van der Waals surface area (Å²) in [6.45, 7) is 5.53. The number of nitrogens with one attached hydrogen (secondary N) is 2. The number of anilines is 1. The summed E-state index contributed by atoms with van der Waals surface area (Å²) in [6.07, 6.45) is 3.15. The first-order chi connectivity index (χ1) is 14.2. The van der Waals surface area contributed by atoms with Crippen LogP contribution in [0.25, 0.3) is 0 Å². The number of hydrogen-bond donors (Lipinski definition) is 2.